The van der Waals surface area contributed by atoms with Gasteiger partial charge < -0.3 is 5.73 Å². The quantitative estimate of drug-likeness (QED) is 0.896. The Morgan fingerprint density at radius 3 is 2.41 bits per heavy atom. The third kappa shape index (κ3) is 3.39. The lowest BCUT2D eigenvalue weighted by molar-refractivity contribution is 0.664. The van der Waals surface area contributed by atoms with Crippen molar-refractivity contribution in [1.82, 2.24) is 0 Å². The number of hydrogen-bond donors (Lipinski definition) is 1. The zero-order valence-corrected chi connectivity index (χ0v) is 11.4. The van der Waals surface area contributed by atoms with Crippen LogP contribution in [0.15, 0.2) is 18.2 Å². The van der Waals surface area contributed by atoms with Crippen LogP contribution in [-0.2, 0) is 16.6 Å². The fourth-order valence-electron chi connectivity index (χ4n) is 2.65. The molecule has 1 fully saturated rings. The third-order valence-electron chi connectivity index (χ3n) is 3.39. The van der Waals surface area contributed by atoms with Crippen LogP contribution in [0.3, 0.4) is 0 Å². The summed E-state index contributed by atoms with van der Waals surface area (Å²) in [6.07, 6.45) is 2.99. The first-order valence-corrected chi connectivity index (χ1v) is 7.63. The van der Waals surface area contributed by atoms with Gasteiger partial charge in [0.2, 0.25) is 0 Å². The van der Waals surface area contributed by atoms with Gasteiger partial charge in [-0.2, -0.15) is 0 Å². The molecule has 1 aliphatic rings. The molecule has 1 aromatic rings. The van der Waals surface area contributed by atoms with E-state index in [1.54, 1.807) is 0 Å². The van der Waals surface area contributed by atoms with Crippen LogP contribution in [0.25, 0.3) is 0 Å². The van der Waals surface area contributed by atoms with Gasteiger partial charge in [-0.25, -0.2) is 0 Å². The first-order chi connectivity index (χ1) is 8.04. The van der Waals surface area contributed by atoms with Crippen molar-refractivity contribution in [2.45, 2.75) is 50.2 Å². The number of hydrogen-bond acceptors (Lipinski definition) is 2. The lowest BCUT2D eigenvalue weighted by atomic mass is 10.1. The zero-order valence-electron chi connectivity index (χ0n) is 10.6. The van der Waals surface area contributed by atoms with Crippen LogP contribution >= 0.6 is 0 Å². The zero-order chi connectivity index (χ0) is 12.4. The molecule has 2 N–H and O–H groups in total. The van der Waals surface area contributed by atoms with Gasteiger partial charge in [0.15, 0.2) is 0 Å². The second kappa shape index (κ2) is 5.32. The fourth-order valence-corrected chi connectivity index (χ4v) is 4.24. The van der Waals surface area contributed by atoms with Crippen molar-refractivity contribution in [3.8, 4) is 0 Å². The van der Waals surface area contributed by atoms with Crippen LogP contribution in [0.1, 0.15) is 36.0 Å². The highest BCUT2D eigenvalue weighted by Gasteiger charge is 2.26. The average molecular weight is 251 g/mol. The molecule has 2 rings (SSSR count). The monoisotopic (exact) mass is 251 g/mol. The van der Waals surface area contributed by atoms with Crippen LogP contribution in [0.2, 0.25) is 0 Å². The molecule has 0 saturated heterocycles. The van der Waals surface area contributed by atoms with E-state index in [0.717, 1.165) is 19.3 Å². The van der Waals surface area contributed by atoms with Crippen LogP contribution in [0.4, 0.5) is 0 Å². The molecule has 17 heavy (non-hydrogen) atoms. The minimum atomic E-state index is -0.764. The normalized spacial score (nSPS) is 26.1. The molecule has 0 radical (unpaired) electrons. The molecule has 1 aliphatic carbocycles. The molecule has 3 atom stereocenters. The molecule has 0 aromatic heterocycles. The van der Waals surface area contributed by atoms with Crippen molar-refractivity contribution >= 4 is 10.8 Å². The second-order valence-electron chi connectivity index (χ2n) is 5.22. The molecule has 0 spiro atoms. The maximum absolute atomic E-state index is 12.2. The van der Waals surface area contributed by atoms with Crippen LogP contribution in [-0.4, -0.2) is 15.5 Å². The molecule has 1 aromatic carbocycles. The molecular weight excluding hydrogens is 230 g/mol. The molecule has 1 saturated carbocycles. The van der Waals surface area contributed by atoms with E-state index in [-0.39, 0.29) is 6.04 Å². The van der Waals surface area contributed by atoms with Gasteiger partial charge in [-0.3, -0.25) is 4.21 Å². The maximum Gasteiger partial charge on any atom is 0.0488 e. The summed E-state index contributed by atoms with van der Waals surface area (Å²) in [5.74, 6) is 0.680. The molecule has 0 heterocycles. The van der Waals surface area contributed by atoms with E-state index >= 15 is 0 Å². The Morgan fingerprint density at radius 2 is 1.88 bits per heavy atom. The van der Waals surface area contributed by atoms with Gasteiger partial charge in [0, 0.05) is 27.8 Å². The van der Waals surface area contributed by atoms with Crippen molar-refractivity contribution in [3.05, 3.63) is 34.9 Å². The number of nitrogens with two attached hydrogens (primary N) is 1. The maximum atomic E-state index is 12.2. The highest BCUT2D eigenvalue weighted by molar-refractivity contribution is 7.84. The molecule has 3 unspecified atom stereocenters. The molecule has 2 nitrogen and oxygen atoms in total. The summed E-state index contributed by atoms with van der Waals surface area (Å²) in [7, 11) is -0.764. The standard InChI is InChI=1S/C14H21NOS/c1-10-5-11(2)7-12(6-10)9-17(16)14-4-3-13(15)8-14/h5-7,13-14H,3-4,8-9,15H2,1-2H3. The number of rotatable bonds is 3. The predicted molar refractivity (Wildman–Crippen MR) is 73.4 cm³/mol. The van der Waals surface area contributed by atoms with Gasteiger partial charge in [-0.15, -0.1) is 0 Å². The van der Waals surface area contributed by atoms with Gasteiger partial charge in [0.1, 0.15) is 0 Å². The summed E-state index contributed by atoms with van der Waals surface area (Å²) >= 11 is 0. The topological polar surface area (TPSA) is 43.1 Å². The largest absolute Gasteiger partial charge is 0.328 e. The lowest BCUT2D eigenvalue weighted by Gasteiger charge is -2.10. The highest BCUT2D eigenvalue weighted by atomic mass is 32.2. The average Bonchev–Trinajstić information content (AvgIpc) is 2.63. The molecule has 0 amide bonds. The Hall–Kier alpha value is -0.670. The summed E-state index contributed by atoms with van der Waals surface area (Å²) in [5.41, 5.74) is 9.57. The van der Waals surface area contributed by atoms with Crippen molar-refractivity contribution in [1.29, 1.82) is 0 Å². The highest BCUT2D eigenvalue weighted by Crippen LogP contribution is 2.24. The molecule has 0 bridgehead atoms. The Kier molecular flexibility index (Phi) is 4.00. The van der Waals surface area contributed by atoms with E-state index in [0.29, 0.717) is 11.0 Å². The fraction of sp³-hybridized carbons (Fsp3) is 0.571. The molecular formula is C14H21NOS. The predicted octanol–water partition coefficient (Wildman–Crippen LogP) is 2.43. The van der Waals surface area contributed by atoms with E-state index in [9.17, 15) is 4.21 Å². The number of benzene rings is 1. The summed E-state index contributed by atoms with van der Waals surface area (Å²) in [4.78, 5) is 0. The first kappa shape index (κ1) is 12.8. The molecule has 94 valence electrons. The van der Waals surface area contributed by atoms with Crippen LogP contribution < -0.4 is 5.73 Å². The Balaban J connectivity index is 2.03. The minimum Gasteiger partial charge on any atom is -0.328 e. The summed E-state index contributed by atoms with van der Waals surface area (Å²) < 4.78 is 12.2. The van der Waals surface area contributed by atoms with E-state index in [4.69, 9.17) is 5.73 Å². The van der Waals surface area contributed by atoms with E-state index in [1.807, 2.05) is 0 Å². The van der Waals surface area contributed by atoms with Crippen LogP contribution in [0, 0.1) is 13.8 Å². The third-order valence-corrected chi connectivity index (χ3v) is 5.18. The Morgan fingerprint density at radius 1 is 1.24 bits per heavy atom. The lowest BCUT2D eigenvalue weighted by Crippen LogP contribution is -2.19. The summed E-state index contributed by atoms with van der Waals surface area (Å²) in [6.45, 7) is 4.18. The van der Waals surface area contributed by atoms with E-state index in [2.05, 4.69) is 32.0 Å². The van der Waals surface area contributed by atoms with Crippen molar-refractivity contribution in [3.63, 3.8) is 0 Å². The summed E-state index contributed by atoms with van der Waals surface area (Å²) in [6, 6.07) is 6.69. The first-order valence-electron chi connectivity index (χ1n) is 6.24. The second-order valence-corrected chi connectivity index (χ2v) is 6.93. The SMILES string of the molecule is Cc1cc(C)cc(CS(=O)C2CCC(N)C2)c1. The van der Waals surface area contributed by atoms with Gasteiger partial charge in [0.05, 0.1) is 0 Å². The van der Waals surface area contributed by atoms with Gasteiger partial charge in [-0.1, -0.05) is 29.3 Å². The van der Waals surface area contributed by atoms with Crippen molar-refractivity contribution in [2.24, 2.45) is 5.73 Å². The van der Waals surface area contributed by atoms with E-state index in [1.165, 1.54) is 16.7 Å². The molecule has 3 heteroatoms. The van der Waals surface area contributed by atoms with Crippen LogP contribution in [0.5, 0.6) is 0 Å². The molecule has 0 aliphatic heterocycles. The van der Waals surface area contributed by atoms with Crippen molar-refractivity contribution < 1.29 is 4.21 Å². The Labute approximate surface area is 106 Å². The van der Waals surface area contributed by atoms with Gasteiger partial charge in [-0.05, 0) is 38.7 Å². The summed E-state index contributed by atoms with van der Waals surface area (Å²) in [5, 5.41) is 0.311. The van der Waals surface area contributed by atoms with Gasteiger partial charge in [0.25, 0.3) is 0 Å². The Bertz CT molecular complexity index is 410. The van der Waals surface area contributed by atoms with Gasteiger partial charge >= 0.3 is 0 Å². The number of aryl methyl sites for hydroxylation is 2. The van der Waals surface area contributed by atoms with E-state index < -0.39 is 10.8 Å². The minimum absolute atomic E-state index is 0.267. The van der Waals surface area contributed by atoms with Crippen molar-refractivity contribution in [2.75, 3.05) is 0 Å². The smallest absolute Gasteiger partial charge is 0.0488 e.